The van der Waals surface area contributed by atoms with Gasteiger partial charge in [0.15, 0.2) is 0 Å². The molecule has 0 aliphatic carbocycles. The predicted octanol–water partition coefficient (Wildman–Crippen LogP) is 2.58. The Bertz CT molecular complexity index is 759. The molecule has 0 radical (unpaired) electrons. The smallest absolute Gasteiger partial charge is 0.274 e. The maximum atomic E-state index is 12.5. The molecule has 132 valence electrons. The molecule has 2 rings (SSSR count). The minimum Gasteiger partial charge on any atom is -0.383 e. The SMILES string of the molecule is CCc1cccc(C)c1NC(=O)c1cccc(C(=O)NCCOC)n1. The largest absolute Gasteiger partial charge is 0.383 e. The first kappa shape index (κ1) is 18.6. The lowest BCUT2D eigenvalue weighted by Gasteiger charge is -2.13. The van der Waals surface area contributed by atoms with Crippen LogP contribution in [-0.2, 0) is 11.2 Å². The number of amides is 2. The molecule has 0 spiro atoms. The van der Waals surface area contributed by atoms with E-state index in [2.05, 4.69) is 15.6 Å². The second kappa shape index (κ2) is 8.94. The zero-order chi connectivity index (χ0) is 18.2. The molecule has 0 aliphatic rings. The fraction of sp³-hybridized carbons (Fsp3) is 0.316. The third kappa shape index (κ3) is 4.87. The van der Waals surface area contributed by atoms with Crippen molar-refractivity contribution in [1.82, 2.24) is 10.3 Å². The average molecular weight is 341 g/mol. The van der Waals surface area contributed by atoms with E-state index >= 15 is 0 Å². The summed E-state index contributed by atoms with van der Waals surface area (Å²) in [5, 5.41) is 5.60. The number of aromatic nitrogens is 1. The summed E-state index contributed by atoms with van der Waals surface area (Å²) in [5.41, 5.74) is 3.24. The lowest BCUT2D eigenvalue weighted by molar-refractivity contribution is 0.0932. The lowest BCUT2D eigenvalue weighted by atomic mass is 10.1. The molecule has 25 heavy (non-hydrogen) atoms. The third-order valence-corrected chi connectivity index (χ3v) is 3.78. The quantitative estimate of drug-likeness (QED) is 0.759. The van der Waals surface area contributed by atoms with Gasteiger partial charge in [-0.1, -0.05) is 31.2 Å². The molecule has 2 N–H and O–H groups in total. The van der Waals surface area contributed by atoms with E-state index in [0.29, 0.717) is 13.2 Å². The van der Waals surface area contributed by atoms with E-state index in [0.717, 1.165) is 23.2 Å². The van der Waals surface area contributed by atoms with Crippen LogP contribution < -0.4 is 10.6 Å². The van der Waals surface area contributed by atoms with Crippen LogP contribution in [0, 0.1) is 6.92 Å². The fourth-order valence-electron chi connectivity index (χ4n) is 2.42. The Kier molecular flexibility index (Phi) is 6.65. The maximum absolute atomic E-state index is 12.5. The Morgan fingerprint density at radius 3 is 2.44 bits per heavy atom. The zero-order valence-corrected chi connectivity index (χ0v) is 14.8. The van der Waals surface area contributed by atoms with Gasteiger partial charge in [-0.2, -0.15) is 0 Å². The van der Waals surface area contributed by atoms with Crippen molar-refractivity contribution in [1.29, 1.82) is 0 Å². The van der Waals surface area contributed by atoms with Gasteiger partial charge in [-0.15, -0.1) is 0 Å². The first-order valence-electron chi connectivity index (χ1n) is 8.20. The Morgan fingerprint density at radius 1 is 1.08 bits per heavy atom. The minimum absolute atomic E-state index is 0.198. The standard InChI is InChI=1S/C19H23N3O3/c1-4-14-8-5-7-13(2)17(14)22-19(24)16-10-6-9-15(21-16)18(23)20-11-12-25-3/h5-10H,4,11-12H2,1-3H3,(H,20,23)(H,22,24). The average Bonchev–Trinajstić information content (AvgIpc) is 2.63. The zero-order valence-electron chi connectivity index (χ0n) is 14.8. The highest BCUT2D eigenvalue weighted by atomic mass is 16.5. The summed E-state index contributed by atoms with van der Waals surface area (Å²) in [7, 11) is 1.56. The number of para-hydroxylation sites is 1. The van der Waals surface area contributed by atoms with Gasteiger partial charge in [-0.3, -0.25) is 9.59 Å². The first-order valence-corrected chi connectivity index (χ1v) is 8.20. The molecule has 0 fully saturated rings. The number of rotatable bonds is 7. The Balaban J connectivity index is 2.15. The second-order valence-electron chi connectivity index (χ2n) is 5.57. The van der Waals surface area contributed by atoms with Crippen LogP contribution in [0.25, 0.3) is 0 Å². The number of carbonyl (C=O) groups is 2. The molecule has 0 aliphatic heterocycles. The summed E-state index contributed by atoms with van der Waals surface area (Å²) in [5.74, 6) is -0.674. The molecular formula is C19H23N3O3. The Morgan fingerprint density at radius 2 is 1.76 bits per heavy atom. The molecule has 1 aromatic heterocycles. The second-order valence-corrected chi connectivity index (χ2v) is 5.57. The van der Waals surface area contributed by atoms with Gasteiger partial charge in [0.1, 0.15) is 11.4 Å². The van der Waals surface area contributed by atoms with Crippen LogP contribution in [0.2, 0.25) is 0 Å². The third-order valence-electron chi connectivity index (χ3n) is 3.78. The number of nitrogens with one attached hydrogen (secondary N) is 2. The summed E-state index contributed by atoms with van der Waals surface area (Å²) in [6, 6.07) is 10.7. The Labute approximate surface area is 147 Å². The minimum atomic E-state index is -0.337. The van der Waals surface area contributed by atoms with Crippen LogP contribution in [0.3, 0.4) is 0 Å². The number of hydrogen-bond donors (Lipinski definition) is 2. The molecule has 0 atom stereocenters. The van der Waals surface area contributed by atoms with E-state index in [9.17, 15) is 9.59 Å². The summed E-state index contributed by atoms with van der Waals surface area (Å²) in [4.78, 5) is 28.8. The summed E-state index contributed by atoms with van der Waals surface area (Å²) >= 11 is 0. The van der Waals surface area contributed by atoms with Gasteiger partial charge in [-0.25, -0.2) is 4.98 Å². The number of pyridine rings is 1. The number of methoxy groups -OCH3 is 1. The molecule has 0 unspecified atom stereocenters. The number of aryl methyl sites for hydroxylation is 2. The van der Waals surface area contributed by atoms with Crippen LogP contribution >= 0.6 is 0 Å². The van der Waals surface area contributed by atoms with Crippen molar-refractivity contribution in [3.8, 4) is 0 Å². The monoisotopic (exact) mass is 341 g/mol. The van der Waals surface area contributed by atoms with E-state index in [1.54, 1.807) is 25.3 Å². The van der Waals surface area contributed by atoms with Crippen LogP contribution in [0.5, 0.6) is 0 Å². The topological polar surface area (TPSA) is 80.3 Å². The van der Waals surface area contributed by atoms with Gasteiger partial charge in [-0.05, 0) is 36.6 Å². The van der Waals surface area contributed by atoms with Gasteiger partial charge in [0, 0.05) is 19.3 Å². The summed E-state index contributed by atoms with van der Waals surface area (Å²) < 4.78 is 4.89. The number of benzene rings is 1. The van der Waals surface area contributed by atoms with E-state index < -0.39 is 0 Å². The van der Waals surface area contributed by atoms with Crippen LogP contribution in [0.4, 0.5) is 5.69 Å². The van der Waals surface area contributed by atoms with Gasteiger partial charge in [0.25, 0.3) is 11.8 Å². The first-order chi connectivity index (χ1) is 12.1. The van der Waals surface area contributed by atoms with E-state index in [-0.39, 0.29) is 23.2 Å². The number of carbonyl (C=O) groups excluding carboxylic acids is 2. The number of ether oxygens (including phenoxy) is 1. The van der Waals surface area contributed by atoms with Gasteiger partial charge < -0.3 is 15.4 Å². The highest BCUT2D eigenvalue weighted by Gasteiger charge is 2.14. The molecule has 1 heterocycles. The van der Waals surface area contributed by atoms with Gasteiger partial charge in [0.2, 0.25) is 0 Å². The lowest BCUT2D eigenvalue weighted by Crippen LogP contribution is -2.28. The molecule has 6 heteroatoms. The molecule has 0 saturated carbocycles. The van der Waals surface area contributed by atoms with Crippen molar-refractivity contribution < 1.29 is 14.3 Å². The predicted molar refractivity (Wildman–Crippen MR) is 97.0 cm³/mol. The van der Waals surface area contributed by atoms with Crippen LogP contribution in [0.15, 0.2) is 36.4 Å². The van der Waals surface area contributed by atoms with Crippen molar-refractivity contribution >= 4 is 17.5 Å². The number of anilines is 1. The Hall–Kier alpha value is -2.73. The molecule has 2 amide bonds. The fourth-order valence-corrected chi connectivity index (χ4v) is 2.42. The van der Waals surface area contributed by atoms with Crippen molar-refractivity contribution in [2.75, 3.05) is 25.6 Å². The summed E-state index contributed by atoms with van der Waals surface area (Å²) in [6.45, 7) is 4.78. The highest BCUT2D eigenvalue weighted by molar-refractivity contribution is 6.04. The summed E-state index contributed by atoms with van der Waals surface area (Å²) in [6.07, 6.45) is 0.812. The number of hydrogen-bond acceptors (Lipinski definition) is 4. The molecule has 1 aromatic carbocycles. The van der Waals surface area contributed by atoms with Crippen LogP contribution in [0.1, 0.15) is 39.0 Å². The molecule has 0 bridgehead atoms. The van der Waals surface area contributed by atoms with Crippen molar-refractivity contribution in [2.45, 2.75) is 20.3 Å². The maximum Gasteiger partial charge on any atom is 0.274 e. The molecule has 0 saturated heterocycles. The van der Waals surface area contributed by atoms with E-state index in [1.165, 1.54) is 0 Å². The molecule has 2 aromatic rings. The van der Waals surface area contributed by atoms with Crippen molar-refractivity contribution in [2.24, 2.45) is 0 Å². The van der Waals surface area contributed by atoms with Gasteiger partial charge >= 0.3 is 0 Å². The highest BCUT2D eigenvalue weighted by Crippen LogP contribution is 2.21. The van der Waals surface area contributed by atoms with E-state index in [1.807, 2.05) is 32.0 Å². The normalized spacial score (nSPS) is 10.4. The van der Waals surface area contributed by atoms with Crippen molar-refractivity contribution in [3.63, 3.8) is 0 Å². The number of nitrogens with zero attached hydrogens (tertiary/aromatic N) is 1. The molecular weight excluding hydrogens is 318 g/mol. The molecule has 6 nitrogen and oxygen atoms in total. The van der Waals surface area contributed by atoms with Crippen LogP contribution in [-0.4, -0.2) is 37.1 Å². The van der Waals surface area contributed by atoms with Crippen molar-refractivity contribution in [3.05, 3.63) is 58.9 Å². The van der Waals surface area contributed by atoms with Gasteiger partial charge in [0.05, 0.1) is 6.61 Å². The van der Waals surface area contributed by atoms with E-state index in [4.69, 9.17) is 4.74 Å².